The molecule has 128 valence electrons. The van der Waals surface area contributed by atoms with Gasteiger partial charge in [-0.2, -0.15) is 0 Å². The van der Waals surface area contributed by atoms with E-state index < -0.39 is 0 Å². The molecule has 0 N–H and O–H groups in total. The molecule has 2 aromatic rings. The zero-order chi connectivity index (χ0) is 17.2. The maximum absolute atomic E-state index is 12.6. The number of carbonyl (C=O) groups is 1. The van der Waals surface area contributed by atoms with E-state index in [0.29, 0.717) is 44.2 Å². The van der Waals surface area contributed by atoms with Crippen molar-refractivity contribution < 1.29 is 18.9 Å². The molecule has 0 atom stereocenters. The molecular weight excluding hydrogens is 317 g/mol. The summed E-state index contributed by atoms with van der Waals surface area (Å²) in [4.78, 5) is 14.4. The number of ether oxygens (including phenoxy) is 2. The summed E-state index contributed by atoms with van der Waals surface area (Å²) < 4.78 is 16.9. The highest BCUT2D eigenvalue weighted by Gasteiger charge is 2.23. The fourth-order valence-electron chi connectivity index (χ4n) is 3.25. The molecule has 0 bridgehead atoms. The third-order valence-corrected chi connectivity index (χ3v) is 4.66. The first-order chi connectivity index (χ1) is 12.2. The number of morpholine rings is 1. The summed E-state index contributed by atoms with van der Waals surface area (Å²) in [7, 11) is 0. The third kappa shape index (κ3) is 3.41. The van der Waals surface area contributed by atoms with Gasteiger partial charge in [0.05, 0.1) is 19.8 Å². The van der Waals surface area contributed by atoms with Gasteiger partial charge in [0.2, 0.25) is 0 Å². The van der Waals surface area contributed by atoms with Gasteiger partial charge in [-0.05, 0) is 41.4 Å². The summed E-state index contributed by atoms with van der Waals surface area (Å²) in [6, 6.07) is 13.3. The molecule has 4 rings (SSSR count). The van der Waals surface area contributed by atoms with E-state index in [0.717, 1.165) is 11.3 Å². The van der Waals surface area contributed by atoms with Crippen LogP contribution in [0, 0.1) is 0 Å². The normalized spacial score (nSPS) is 16.7. The first kappa shape index (κ1) is 16.2. The fraction of sp³-hybridized carbons (Fsp3) is 0.316. The summed E-state index contributed by atoms with van der Waals surface area (Å²) in [6.07, 6.45) is 0. The van der Waals surface area contributed by atoms with Crippen LogP contribution in [0.4, 0.5) is 0 Å². The van der Waals surface area contributed by atoms with Crippen molar-refractivity contribution in [3.05, 3.63) is 53.6 Å². The fourth-order valence-corrected chi connectivity index (χ4v) is 3.25. The summed E-state index contributed by atoms with van der Waals surface area (Å²) in [5, 5.41) is 0. The SMILES string of the molecule is CB1OCc2cc(Oc3cccc(C(=O)N4CCOCC4)c3)ccc21. The number of hydrogen-bond donors (Lipinski definition) is 0. The number of nitrogens with zero attached hydrogens (tertiary/aromatic N) is 1. The van der Waals surface area contributed by atoms with E-state index in [2.05, 4.69) is 0 Å². The second-order valence-electron chi connectivity index (χ2n) is 6.35. The lowest BCUT2D eigenvalue weighted by Crippen LogP contribution is -2.40. The Kier molecular flexibility index (Phi) is 4.47. The third-order valence-electron chi connectivity index (χ3n) is 4.66. The molecule has 25 heavy (non-hydrogen) atoms. The largest absolute Gasteiger partial charge is 0.457 e. The van der Waals surface area contributed by atoms with Crippen molar-refractivity contribution in [3.63, 3.8) is 0 Å². The highest BCUT2D eigenvalue weighted by molar-refractivity contribution is 6.67. The molecule has 5 nitrogen and oxygen atoms in total. The summed E-state index contributed by atoms with van der Waals surface area (Å²) in [5.41, 5.74) is 3.01. The molecular formula is C19H20BNO4. The minimum absolute atomic E-state index is 0.0185. The minimum Gasteiger partial charge on any atom is -0.457 e. The minimum atomic E-state index is 0.0185. The maximum atomic E-state index is 12.6. The quantitative estimate of drug-likeness (QED) is 0.807. The van der Waals surface area contributed by atoms with E-state index in [1.807, 2.05) is 48.1 Å². The predicted octanol–water partition coefficient (Wildman–Crippen LogP) is 2.31. The Bertz CT molecular complexity index is 789. The van der Waals surface area contributed by atoms with Gasteiger partial charge in [0.25, 0.3) is 5.91 Å². The molecule has 2 aliphatic heterocycles. The van der Waals surface area contributed by atoms with Crippen LogP contribution in [0.1, 0.15) is 15.9 Å². The van der Waals surface area contributed by atoms with Crippen molar-refractivity contribution in [2.45, 2.75) is 13.4 Å². The molecule has 2 heterocycles. The van der Waals surface area contributed by atoms with Gasteiger partial charge in [-0.15, -0.1) is 0 Å². The van der Waals surface area contributed by atoms with Crippen LogP contribution in [0.3, 0.4) is 0 Å². The van der Waals surface area contributed by atoms with E-state index in [1.165, 1.54) is 5.46 Å². The number of rotatable bonds is 3. The van der Waals surface area contributed by atoms with Crippen molar-refractivity contribution in [2.24, 2.45) is 0 Å². The molecule has 0 unspecified atom stereocenters. The van der Waals surface area contributed by atoms with Gasteiger partial charge in [-0.1, -0.05) is 19.0 Å². The maximum Gasteiger partial charge on any atom is 0.324 e. The Morgan fingerprint density at radius 1 is 1.12 bits per heavy atom. The number of fused-ring (bicyclic) bond motifs is 1. The van der Waals surface area contributed by atoms with Crippen LogP contribution in [0.25, 0.3) is 0 Å². The molecule has 0 aromatic heterocycles. The van der Waals surface area contributed by atoms with Crippen molar-refractivity contribution >= 4 is 18.3 Å². The van der Waals surface area contributed by atoms with Gasteiger partial charge in [0, 0.05) is 18.7 Å². The van der Waals surface area contributed by atoms with Crippen molar-refractivity contribution in [2.75, 3.05) is 26.3 Å². The topological polar surface area (TPSA) is 48.0 Å². The average molecular weight is 337 g/mol. The molecule has 1 amide bonds. The lowest BCUT2D eigenvalue weighted by Gasteiger charge is -2.27. The Morgan fingerprint density at radius 2 is 1.92 bits per heavy atom. The van der Waals surface area contributed by atoms with Gasteiger partial charge in [-0.3, -0.25) is 4.79 Å². The smallest absolute Gasteiger partial charge is 0.324 e. The Hall–Kier alpha value is -2.31. The Balaban J connectivity index is 1.51. The molecule has 2 aromatic carbocycles. The summed E-state index contributed by atoms with van der Waals surface area (Å²) >= 11 is 0. The van der Waals surface area contributed by atoms with Crippen LogP contribution in [0.5, 0.6) is 11.5 Å². The molecule has 1 fully saturated rings. The molecule has 0 saturated carbocycles. The van der Waals surface area contributed by atoms with Gasteiger partial charge in [0.1, 0.15) is 11.5 Å². The second kappa shape index (κ2) is 6.90. The van der Waals surface area contributed by atoms with E-state index >= 15 is 0 Å². The van der Waals surface area contributed by atoms with Gasteiger partial charge in [-0.25, -0.2) is 0 Å². The van der Waals surface area contributed by atoms with Crippen LogP contribution in [-0.2, 0) is 16.0 Å². The lowest BCUT2D eigenvalue weighted by atomic mass is 9.64. The van der Waals surface area contributed by atoms with E-state index in [-0.39, 0.29) is 12.8 Å². The van der Waals surface area contributed by atoms with E-state index in [4.69, 9.17) is 14.1 Å². The van der Waals surface area contributed by atoms with Crippen molar-refractivity contribution in [1.82, 2.24) is 4.90 Å². The van der Waals surface area contributed by atoms with E-state index in [1.54, 1.807) is 6.07 Å². The predicted molar refractivity (Wildman–Crippen MR) is 95.7 cm³/mol. The monoisotopic (exact) mass is 337 g/mol. The van der Waals surface area contributed by atoms with Crippen LogP contribution in [0.2, 0.25) is 6.82 Å². The molecule has 0 radical (unpaired) electrons. The number of amides is 1. The molecule has 0 aliphatic carbocycles. The highest BCUT2D eigenvalue weighted by atomic mass is 16.5. The average Bonchev–Trinajstić information content (AvgIpc) is 3.02. The Morgan fingerprint density at radius 3 is 2.76 bits per heavy atom. The molecule has 2 aliphatic rings. The van der Waals surface area contributed by atoms with E-state index in [9.17, 15) is 4.79 Å². The van der Waals surface area contributed by atoms with Crippen LogP contribution < -0.4 is 10.2 Å². The second-order valence-corrected chi connectivity index (χ2v) is 6.35. The zero-order valence-corrected chi connectivity index (χ0v) is 14.2. The molecule has 1 saturated heterocycles. The van der Waals surface area contributed by atoms with Crippen molar-refractivity contribution in [3.8, 4) is 11.5 Å². The Labute approximate surface area is 147 Å². The van der Waals surface area contributed by atoms with Crippen LogP contribution >= 0.6 is 0 Å². The number of benzene rings is 2. The zero-order valence-electron chi connectivity index (χ0n) is 14.2. The molecule has 6 heteroatoms. The number of carbonyl (C=O) groups excluding carboxylic acids is 1. The first-order valence-electron chi connectivity index (χ1n) is 8.60. The first-order valence-corrected chi connectivity index (χ1v) is 8.60. The molecule has 0 spiro atoms. The summed E-state index contributed by atoms with van der Waals surface area (Å²) in [5.74, 6) is 1.43. The van der Waals surface area contributed by atoms with Gasteiger partial charge >= 0.3 is 6.92 Å². The summed E-state index contributed by atoms with van der Waals surface area (Å²) in [6.45, 7) is 5.25. The van der Waals surface area contributed by atoms with Crippen LogP contribution in [0.15, 0.2) is 42.5 Å². The highest BCUT2D eigenvalue weighted by Crippen LogP contribution is 2.25. The standard InChI is InChI=1S/C19H20BNO4/c1-20-18-6-5-17(12-15(18)13-24-20)25-16-4-2-3-14(11-16)19(22)21-7-9-23-10-8-21/h2-6,11-12H,7-10,13H2,1H3. The van der Waals surface area contributed by atoms with Crippen LogP contribution in [-0.4, -0.2) is 44.0 Å². The van der Waals surface area contributed by atoms with Crippen molar-refractivity contribution in [1.29, 1.82) is 0 Å². The number of hydrogen-bond acceptors (Lipinski definition) is 4. The van der Waals surface area contributed by atoms with Gasteiger partial charge < -0.3 is 19.0 Å². The lowest BCUT2D eigenvalue weighted by molar-refractivity contribution is 0.0302. The van der Waals surface area contributed by atoms with Gasteiger partial charge in [0.15, 0.2) is 0 Å².